The Labute approximate surface area is 240 Å². The second-order valence-corrected chi connectivity index (χ2v) is 13.6. The van der Waals surface area contributed by atoms with Crippen LogP contribution in [0.15, 0.2) is 36.4 Å². The molecule has 2 aromatic carbocycles. The van der Waals surface area contributed by atoms with Crippen molar-refractivity contribution in [3.8, 4) is 17.0 Å². The van der Waals surface area contributed by atoms with E-state index in [-0.39, 0.29) is 17.5 Å². The van der Waals surface area contributed by atoms with Gasteiger partial charge in [0.1, 0.15) is 5.75 Å². The van der Waals surface area contributed by atoms with Crippen molar-refractivity contribution in [1.82, 2.24) is 13.6 Å². The summed E-state index contributed by atoms with van der Waals surface area (Å²) in [6.45, 7) is 1.26. The van der Waals surface area contributed by atoms with Crippen molar-refractivity contribution >= 4 is 33.0 Å². The van der Waals surface area contributed by atoms with Crippen molar-refractivity contribution in [3.63, 3.8) is 0 Å². The lowest BCUT2D eigenvalue weighted by molar-refractivity contribution is -0.147. The topological polar surface area (TPSA) is 107 Å². The summed E-state index contributed by atoms with van der Waals surface area (Å²) >= 11 is 0. The molecule has 0 bridgehead atoms. The number of amides is 1. The van der Waals surface area contributed by atoms with Gasteiger partial charge in [-0.05, 0) is 73.1 Å². The molecule has 3 aromatic rings. The van der Waals surface area contributed by atoms with Gasteiger partial charge in [0.2, 0.25) is 0 Å². The molecule has 2 unspecified atom stereocenters. The number of carbonyl (C=O) groups is 2. The maximum Gasteiger partial charge on any atom is 0.314 e. The van der Waals surface area contributed by atoms with Crippen LogP contribution in [0, 0.1) is 5.41 Å². The summed E-state index contributed by atoms with van der Waals surface area (Å²) in [7, 11) is -0.790. The average molecular weight is 578 g/mol. The van der Waals surface area contributed by atoms with Crippen LogP contribution >= 0.6 is 0 Å². The Balaban J connectivity index is 1.43. The first-order valence-electron chi connectivity index (χ1n) is 14.5. The van der Waals surface area contributed by atoms with Crippen LogP contribution in [0.1, 0.15) is 78.3 Å². The number of esters is 1. The molecular formula is C31H35N3O6S. The van der Waals surface area contributed by atoms with Crippen molar-refractivity contribution in [3.05, 3.63) is 53.1 Å². The van der Waals surface area contributed by atoms with Gasteiger partial charge in [0.05, 0.1) is 25.3 Å². The Morgan fingerprint density at radius 1 is 1.00 bits per heavy atom. The Bertz CT molecular complexity index is 1690. The lowest BCUT2D eigenvalue weighted by atomic mass is 9.81. The summed E-state index contributed by atoms with van der Waals surface area (Å²) in [5.74, 6) is 0.217. The van der Waals surface area contributed by atoms with Gasteiger partial charge in [-0.3, -0.25) is 9.59 Å². The molecule has 216 valence electrons. The number of nitrogens with one attached hydrogen (secondary N) is 1. The Hall–Kier alpha value is -3.37. The predicted molar refractivity (Wildman–Crippen MR) is 154 cm³/mol. The molecule has 0 radical (unpaired) electrons. The molecule has 3 heterocycles. The summed E-state index contributed by atoms with van der Waals surface area (Å²) in [5.41, 5.74) is 4.92. The van der Waals surface area contributed by atoms with Gasteiger partial charge in [0.15, 0.2) is 0 Å². The number of rotatable bonds is 6. The number of hydrogen-bond acceptors (Lipinski definition) is 6. The molecule has 3 fully saturated rings. The fraction of sp³-hybridized carbons (Fsp3) is 0.484. The van der Waals surface area contributed by atoms with Gasteiger partial charge in [-0.2, -0.15) is 12.7 Å². The normalized spacial score (nSPS) is 23.9. The minimum absolute atomic E-state index is 0.00218. The molecule has 1 amide bonds. The standard InChI is InChI=1S/C31H35N3O6S/c1-39-21-10-12-22-24(16-21)25-17-31(25,30(36)40-2)18-34-26-15-20(29(35)32-41(37,38)33-13-6-14-33)9-11-23(26)27(28(22)34)19-7-4-3-5-8-19/h9-12,15-16,19,25H,3-8,13-14,17-18H2,1-2H3,(H,32,35). The van der Waals surface area contributed by atoms with Crippen molar-refractivity contribution in [2.45, 2.75) is 63.3 Å². The summed E-state index contributed by atoms with van der Waals surface area (Å²) < 4.78 is 42.0. The SMILES string of the molecule is COC(=O)C12CC1c1cc(OC)ccc1-c1c(C3CCCCC3)c3ccc(C(=O)NS(=O)(=O)N4CCC4)cc3n1C2. The van der Waals surface area contributed by atoms with Crippen LogP contribution in [0.4, 0.5) is 0 Å². The zero-order valence-corrected chi connectivity index (χ0v) is 24.3. The number of fused-ring (bicyclic) bond motifs is 7. The summed E-state index contributed by atoms with van der Waals surface area (Å²) in [5, 5.41) is 1.05. The van der Waals surface area contributed by atoms with E-state index in [1.54, 1.807) is 19.2 Å². The fourth-order valence-corrected chi connectivity index (χ4v) is 8.60. The summed E-state index contributed by atoms with van der Waals surface area (Å²) in [6.07, 6.45) is 7.18. The van der Waals surface area contributed by atoms with Gasteiger partial charge in [-0.1, -0.05) is 25.3 Å². The second-order valence-electron chi connectivity index (χ2n) is 12.0. The smallest absolute Gasteiger partial charge is 0.314 e. The molecule has 2 aliphatic heterocycles. The van der Waals surface area contributed by atoms with Crippen LogP contribution in [-0.4, -0.2) is 56.5 Å². The van der Waals surface area contributed by atoms with Crippen molar-refractivity contribution < 1.29 is 27.5 Å². The fourth-order valence-electron chi connectivity index (χ4n) is 7.38. The number of aromatic nitrogens is 1. The third-order valence-electron chi connectivity index (χ3n) is 9.75. The molecule has 2 aliphatic carbocycles. The average Bonchev–Trinajstić information content (AvgIpc) is 3.61. The number of benzene rings is 2. The lowest BCUT2D eigenvalue weighted by Crippen LogP contribution is -2.49. The molecule has 7 rings (SSSR count). The molecule has 1 saturated heterocycles. The molecule has 2 atom stereocenters. The van der Waals surface area contributed by atoms with E-state index in [0.717, 1.165) is 65.6 Å². The van der Waals surface area contributed by atoms with E-state index in [1.165, 1.54) is 23.4 Å². The minimum Gasteiger partial charge on any atom is -0.497 e. The first kappa shape index (κ1) is 26.5. The van der Waals surface area contributed by atoms with E-state index in [1.807, 2.05) is 12.1 Å². The maximum atomic E-state index is 13.3. The Kier molecular flexibility index (Phi) is 6.20. The molecule has 9 nitrogen and oxygen atoms in total. The number of ether oxygens (including phenoxy) is 2. The highest BCUT2D eigenvalue weighted by atomic mass is 32.2. The first-order chi connectivity index (χ1) is 19.8. The molecule has 10 heteroatoms. The minimum atomic E-state index is -3.88. The lowest BCUT2D eigenvalue weighted by Gasteiger charge is -2.29. The van der Waals surface area contributed by atoms with Gasteiger partial charge in [-0.25, -0.2) is 4.72 Å². The number of carbonyl (C=O) groups excluding carboxylic acids is 2. The van der Waals surface area contributed by atoms with Crippen molar-refractivity contribution in [1.29, 1.82) is 0 Å². The number of methoxy groups -OCH3 is 2. The molecule has 41 heavy (non-hydrogen) atoms. The van der Waals surface area contributed by atoms with Crippen LogP contribution < -0.4 is 9.46 Å². The molecule has 0 spiro atoms. The quantitative estimate of drug-likeness (QED) is 0.426. The Morgan fingerprint density at radius 3 is 2.46 bits per heavy atom. The van der Waals surface area contributed by atoms with Crippen LogP contribution in [-0.2, 0) is 26.3 Å². The zero-order valence-electron chi connectivity index (χ0n) is 23.4. The summed E-state index contributed by atoms with van der Waals surface area (Å²) in [4.78, 5) is 26.6. The van der Waals surface area contributed by atoms with Gasteiger partial charge in [0, 0.05) is 47.6 Å². The molecule has 4 aliphatic rings. The monoisotopic (exact) mass is 577 g/mol. The highest BCUT2D eigenvalue weighted by molar-refractivity contribution is 7.87. The highest BCUT2D eigenvalue weighted by Crippen LogP contribution is 2.66. The van der Waals surface area contributed by atoms with Gasteiger partial charge < -0.3 is 14.0 Å². The van der Waals surface area contributed by atoms with E-state index in [0.29, 0.717) is 32.0 Å². The molecule has 1 aromatic heterocycles. The van der Waals surface area contributed by atoms with Gasteiger partial charge in [0.25, 0.3) is 5.91 Å². The van der Waals surface area contributed by atoms with E-state index >= 15 is 0 Å². The van der Waals surface area contributed by atoms with Gasteiger partial charge >= 0.3 is 16.2 Å². The third kappa shape index (κ3) is 4.09. The van der Waals surface area contributed by atoms with E-state index in [2.05, 4.69) is 21.4 Å². The Morgan fingerprint density at radius 2 is 1.78 bits per heavy atom. The number of nitrogens with zero attached hydrogens (tertiary/aromatic N) is 2. The van der Waals surface area contributed by atoms with Crippen molar-refractivity contribution in [2.75, 3.05) is 27.3 Å². The molecule has 2 saturated carbocycles. The first-order valence-corrected chi connectivity index (χ1v) is 16.0. The van der Waals surface area contributed by atoms with Crippen LogP contribution in [0.25, 0.3) is 22.2 Å². The summed E-state index contributed by atoms with van der Waals surface area (Å²) in [6, 6.07) is 11.6. The van der Waals surface area contributed by atoms with Crippen LogP contribution in [0.3, 0.4) is 0 Å². The van der Waals surface area contributed by atoms with Crippen molar-refractivity contribution in [2.24, 2.45) is 5.41 Å². The van der Waals surface area contributed by atoms with E-state index < -0.39 is 21.5 Å². The van der Waals surface area contributed by atoms with E-state index in [9.17, 15) is 18.0 Å². The second kappa shape index (κ2) is 9.59. The number of hydrogen-bond donors (Lipinski definition) is 1. The van der Waals surface area contributed by atoms with E-state index in [4.69, 9.17) is 9.47 Å². The maximum absolute atomic E-state index is 13.3. The zero-order chi connectivity index (χ0) is 28.5. The highest BCUT2D eigenvalue weighted by Gasteiger charge is 2.64. The predicted octanol–water partition coefficient (Wildman–Crippen LogP) is 4.71. The van der Waals surface area contributed by atoms with Gasteiger partial charge in [-0.15, -0.1) is 0 Å². The molecule has 1 N–H and O–H groups in total. The van der Waals surface area contributed by atoms with Crippen LogP contribution in [0.5, 0.6) is 5.75 Å². The molecular weight excluding hydrogens is 542 g/mol. The largest absolute Gasteiger partial charge is 0.497 e. The third-order valence-corrected chi connectivity index (χ3v) is 11.2. The van der Waals surface area contributed by atoms with Crippen LogP contribution in [0.2, 0.25) is 0 Å².